The van der Waals surface area contributed by atoms with Crippen LogP contribution in [0.25, 0.3) is 0 Å². The van der Waals surface area contributed by atoms with Crippen molar-refractivity contribution in [1.82, 2.24) is 14.8 Å². The minimum atomic E-state index is -0.00894. The summed E-state index contributed by atoms with van der Waals surface area (Å²) in [4.78, 5) is 20.8. The van der Waals surface area contributed by atoms with Crippen molar-refractivity contribution in [2.45, 2.75) is 19.4 Å². The molecule has 2 aliphatic heterocycles. The molecule has 5 heteroatoms. The van der Waals surface area contributed by atoms with Gasteiger partial charge in [-0.15, -0.1) is 0 Å². The maximum Gasteiger partial charge on any atom is 0.321 e. The predicted molar refractivity (Wildman–Crippen MR) is 98.2 cm³/mol. The van der Waals surface area contributed by atoms with Crippen LogP contribution < -0.4 is 5.32 Å². The maximum absolute atomic E-state index is 12.3. The monoisotopic (exact) mass is 336 g/mol. The number of nitrogens with one attached hydrogen (secondary N) is 1. The molecule has 2 amide bonds. The van der Waals surface area contributed by atoms with Gasteiger partial charge >= 0.3 is 6.03 Å². The zero-order valence-corrected chi connectivity index (χ0v) is 14.4. The summed E-state index contributed by atoms with van der Waals surface area (Å²) in [5.74, 6) is 0. The molecule has 0 saturated carbocycles. The number of hydrogen-bond acceptors (Lipinski definition) is 3. The van der Waals surface area contributed by atoms with E-state index in [0.29, 0.717) is 5.41 Å². The Morgan fingerprint density at radius 3 is 2.52 bits per heavy atom. The highest BCUT2D eigenvalue weighted by atomic mass is 16.2. The molecule has 130 valence electrons. The first kappa shape index (κ1) is 16.1. The van der Waals surface area contributed by atoms with Crippen LogP contribution in [0.1, 0.15) is 18.4 Å². The number of piperidine rings is 1. The normalized spacial score (nSPS) is 19.4. The average Bonchev–Trinajstić information content (AvgIpc) is 2.62. The van der Waals surface area contributed by atoms with Gasteiger partial charge in [-0.25, -0.2) is 4.79 Å². The second-order valence-electron chi connectivity index (χ2n) is 7.29. The first-order valence-electron chi connectivity index (χ1n) is 8.95. The molecule has 1 N–H and O–H groups in total. The van der Waals surface area contributed by atoms with Gasteiger partial charge in [0.25, 0.3) is 0 Å². The minimum Gasteiger partial charge on any atom is -0.323 e. The van der Waals surface area contributed by atoms with E-state index in [9.17, 15) is 4.79 Å². The SMILES string of the molecule is O=C(Nc1cccnc1)N1CC2(CCN(Cc3ccccc3)CC2)C1. The number of anilines is 1. The molecule has 25 heavy (non-hydrogen) atoms. The van der Waals surface area contributed by atoms with Crippen molar-refractivity contribution < 1.29 is 4.79 Å². The summed E-state index contributed by atoms with van der Waals surface area (Å²) in [7, 11) is 0. The van der Waals surface area contributed by atoms with E-state index >= 15 is 0 Å². The van der Waals surface area contributed by atoms with Crippen LogP contribution in [0, 0.1) is 5.41 Å². The molecule has 0 radical (unpaired) electrons. The van der Waals surface area contributed by atoms with E-state index in [4.69, 9.17) is 0 Å². The Balaban J connectivity index is 1.24. The molecule has 0 bridgehead atoms. The zero-order chi connectivity index (χ0) is 17.1. The van der Waals surface area contributed by atoms with Crippen LogP contribution >= 0.6 is 0 Å². The number of carbonyl (C=O) groups is 1. The summed E-state index contributed by atoms with van der Waals surface area (Å²) in [5, 5.41) is 2.92. The molecule has 2 aliphatic rings. The smallest absolute Gasteiger partial charge is 0.321 e. The van der Waals surface area contributed by atoms with Crippen molar-refractivity contribution in [1.29, 1.82) is 0 Å². The summed E-state index contributed by atoms with van der Waals surface area (Å²) in [6, 6.07) is 14.3. The van der Waals surface area contributed by atoms with Gasteiger partial charge in [-0.3, -0.25) is 9.88 Å². The van der Waals surface area contributed by atoms with E-state index in [0.717, 1.165) is 38.4 Å². The molecule has 1 aromatic carbocycles. The number of aromatic nitrogens is 1. The summed E-state index contributed by atoms with van der Waals surface area (Å²) in [5.41, 5.74) is 2.47. The highest BCUT2D eigenvalue weighted by Crippen LogP contribution is 2.40. The number of urea groups is 1. The third-order valence-corrected chi connectivity index (χ3v) is 5.42. The third-order valence-electron chi connectivity index (χ3n) is 5.42. The summed E-state index contributed by atoms with van der Waals surface area (Å²) < 4.78 is 0. The van der Waals surface area contributed by atoms with Crippen LogP contribution in [0.2, 0.25) is 0 Å². The van der Waals surface area contributed by atoms with E-state index in [-0.39, 0.29) is 6.03 Å². The Kier molecular flexibility index (Phi) is 4.40. The van der Waals surface area contributed by atoms with Crippen LogP contribution in [0.3, 0.4) is 0 Å². The van der Waals surface area contributed by atoms with Gasteiger partial charge < -0.3 is 10.2 Å². The van der Waals surface area contributed by atoms with E-state index in [2.05, 4.69) is 45.5 Å². The molecule has 1 aromatic heterocycles. The highest BCUT2D eigenvalue weighted by molar-refractivity contribution is 5.89. The van der Waals surface area contributed by atoms with Crippen LogP contribution in [0.5, 0.6) is 0 Å². The number of rotatable bonds is 3. The standard InChI is InChI=1S/C20H24N4O/c25-19(22-18-7-4-10-21-13-18)24-15-20(16-24)8-11-23(12-9-20)14-17-5-2-1-3-6-17/h1-7,10,13H,8-9,11-12,14-16H2,(H,22,25). The molecule has 0 unspecified atom stereocenters. The number of benzene rings is 1. The zero-order valence-electron chi connectivity index (χ0n) is 14.4. The fourth-order valence-corrected chi connectivity index (χ4v) is 3.89. The molecule has 1 spiro atoms. The van der Waals surface area contributed by atoms with E-state index < -0.39 is 0 Å². The lowest BCUT2D eigenvalue weighted by molar-refractivity contribution is -0.0200. The molecule has 0 aliphatic carbocycles. The van der Waals surface area contributed by atoms with Crippen molar-refractivity contribution in [3.8, 4) is 0 Å². The predicted octanol–water partition coefficient (Wildman–Crippen LogP) is 3.21. The van der Waals surface area contributed by atoms with Gasteiger partial charge in [-0.1, -0.05) is 30.3 Å². The molecule has 2 saturated heterocycles. The van der Waals surface area contributed by atoms with E-state index in [1.165, 1.54) is 18.4 Å². The van der Waals surface area contributed by atoms with Gasteiger partial charge in [0.05, 0.1) is 11.9 Å². The highest BCUT2D eigenvalue weighted by Gasteiger charge is 2.46. The first-order valence-corrected chi connectivity index (χ1v) is 8.95. The number of likely N-dealkylation sites (tertiary alicyclic amines) is 2. The van der Waals surface area contributed by atoms with Gasteiger partial charge in [0.2, 0.25) is 0 Å². The van der Waals surface area contributed by atoms with Crippen molar-refractivity contribution in [2.24, 2.45) is 5.41 Å². The molecular weight excluding hydrogens is 312 g/mol. The number of hydrogen-bond donors (Lipinski definition) is 1. The Morgan fingerprint density at radius 1 is 1.08 bits per heavy atom. The van der Waals surface area contributed by atoms with Crippen LogP contribution in [0.15, 0.2) is 54.9 Å². The lowest BCUT2D eigenvalue weighted by atomic mass is 9.72. The molecule has 2 aromatic rings. The Bertz CT molecular complexity index is 703. The third kappa shape index (κ3) is 3.66. The van der Waals surface area contributed by atoms with Gasteiger partial charge in [0, 0.05) is 31.2 Å². The van der Waals surface area contributed by atoms with Crippen LogP contribution in [-0.4, -0.2) is 47.0 Å². The van der Waals surface area contributed by atoms with Gasteiger partial charge in [-0.05, 0) is 43.6 Å². The first-order chi connectivity index (χ1) is 12.2. The van der Waals surface area contributed by atoms with Gasteiger partial charge in [0.1, 0.15) is 0 Å². The molecular formula is C20H24N4O. The van der Waals surface area contributed by atoms with Gasteiger partial charge in [0.15, 0.2) is 0 Å². The van der Waals surface area contributed by atoms with Crippen molar-refractivity contribution in [2.75, 3.05) is 31.5 Å². The number of nitrogens with zero attached hydrogens (tertiary/aromatic N) is 3. The van der Waals surface area contributed by atoms with Crippen molar-refractivity contribution >= 4 is 11.7 Å². The summed E-state index contributed by atoms with van der Waals surface area (Å²) in [6.45, 7) is 5.01. The number of carbonyl (C=O) groups excluding carboxylic acids is 1. The Morgan fingerprint density at radius 2 is 1.84 bits per heavy atom. The number of amides is 2. The number of pyridine rings is 1. The van der Waals surface area contributed by atoms with Gasteiger partial charge in [-0.2, -0.15) is 0 Å². The molecule has 5 nitrogen and oxygen atoms in total. The largest absolute Gasteiger partial charge is 0.323 e. The van der Waals surface area contributed by atoms with E-state index in [1.54, 1.807) is 12.4 Å². The fraction of sp³-hybridized carbons (Fsp3) is 0.400. The maximum atomic E-state index is 12.3. The molecule has 2 fully saturated rings. The van der Waals surface area contributed by atoms with Crippen molar-refractivity contribution in [3.05, 3.63) is 60.4 Å². The second kappa shape index (κ2) is 6.84. The average molecular weight is 336 g/mol. The van der Waals surface area contributed by atoms with E-state index in [1.807, 2.05) is 17.0 Å². The minimum absolute atomic E-state index is 0.00894. The van der Waals surface area contributed by atoms with Crippen LogP contribution in [0.4, 0.5) is 10.5 Å². The quantitative estimate of drug-likeness (QED) is 0.936. The Hall–Kier alpha value is -2.40. The molecule has 3 heterocycles. The van der Waals surface area contributed by atoms with Crippen LogP contribution in [-0.2, 0) is 6.54 Å². The Labute approximate surface area is 148 Å². The van der Waals surface area contributed by atoms with Crippen molar-refractivity contribution in [3.63, 3.8) is 0 Å². The fourth-order valence-electron chi connectivity index (χ4n) is 3.89. The topological polar surface area (TPSA) is 48.5 Å². The lowest BCUT2D eigenvalue weighted by Gasteiger charge is -2.53. The summed E-state index contributed by atoms with van der Waals surface area (Å²) in [6.07, 6.45) is 5.74. The lowest BCUT2D eigenvalue weighted by Crippen LogP contribution is -2.62. The molecule has 0 atom stereocenters. The molecule has 4 rings (SSSR count). The summed E-state index contributed by atoms with van der Waals surface area (Å²) >= 11 is 0. The second-order valence-corrected chi connectivity index (χ2v) is 7.29.